The average Bonchev–Trinajstić information content (AvgIpc) is 2.54. The van der Waals surface area contributed by atoms with E-state index in [4.69, 9.17) is 31.9 Å². The van der Waals surface area contributed by atoms with Gasteiger partial charge in [0.05, 0.1) is 6.04 Å². The van der Waals surface area contributed by atoms with Crippen molar-refractivity contribution in [3.8, 4) is 0 Å². The molecule has 0 aliphatic heterocycles. The Bertz CT molecular complexity index is 515. The lowest BCUT2D eigenvalue weighted by atomic mass is 10.1. The molecule has 0 heterocycles. The molecule has 3 atom stereocenters. The van der Waals surface area contributed by atoms with Gasteiger partial charge in [-0.15, -0.1) is 0 Å². The predicted molar refractivity (Wildman–Crippen MR) is 90.7 cm³/mol. The first-order chi connectivity index (χ1) is 11.9. The van der Waals surface area contributed by atoms with Crippen LogP contribution in [0.15, 0.2) is 0 Å². The van der Waals surface area contributed by atoms with Crippen LogP contribution in [0.5, 0.6) is 0 Å². The molecule has 13 heteroatoms. The number of hydrogen-bond donors (Lipinski definition) is 8. The SMILES string of the molecule is N[C@@H](CCC(=O)O)C(=O)N[C@@H](CS)C(=O)O.N[C@@H](CCC(=O)O)C(=O)O. The summed E-state index contributed by atoms with van der Waals surface area (Å²) in [7, 11) is 0. The highest BCUT2D eigenvalue weighted by Crippen LogP contribution is 1.97. The molecule has 12 nitrogen and oxygen atoms in total. The molecule has 0 aromatic rings. The smallest absolute Gasteiger partial charge is 0.327 e. The largest absolute Gasteiger partial charge is 0.481 e. The third-order valence-electron chi connectivity index (χ3n) is 2.79. The molecule has 0 unspecified atom stereocenters. The zero-order chi connectivity index (χ0) is 20.9. The van der Waals surface area contributed by atoms with Crippen LogP contribution in [0.2, 0.25) is 0 Å². The van der Waals surface area contributed by atoms with Crippen molar-refractivity contribution in [3.05, 3.63) is 0 Å². The Morgan fingerprint density at radius 1 is 0.808 bits per heavy atom. The Hall–Kier alpha value is -2.38. The lowest BCUT2D eigenvalue weighted by Gasteiger charge is -2.15. The van der Waals surface area contributed by atoms with Crippen LogP contribution in [0.1, 0.15) is 25.7 Å². The molecule has 0 rings (SSSR count). The molecule has 150 valence electrons. The van der Waals surface area contributed by atoms with Crippen molar-refractivity contribution in [2.45, 2.75) is 43.8 Å². The molecule has 0 aromatic heterocycles. The number of thiol groups is 1. The van der Waals surface area contributed by atoms with Gasteiger partial charge in [0.25, 0.3) is 0 Å². The van der Waals surface area contributed by atoms with Gasteiger partial charge in [-0.05, 0) is 12.8 Å². The van der Waals surface area contributed by atoms with Crippen molar-refractivity contribution in [1.29, 1.82) is 0 Å². The summed E-state index contributed by atoms with van der Waals surface area (Å²) in [5.74, 6) is -5.23. The normalized spacial score (nSPS) is 13.3. The van der Waals surface area contributed by atoms with Crippen LogP contribution in [-0.4, -0.2) is 74.1 Å². The zero-order valence-electron chi connectivity index (χ0n) is 13.7. The van der Waals surface area contributed by atoms with E-state index >= 15 is 0 Å². The molecule has 0 aromatic carbocycles. The summed E-state index contributed by atoms with van der Waals surface area (Å²) < 4.78 is 0. The highest BCUT2D eigenvalue weighted by Gasteiger charge is 2.22. The molecule has 0 saturated carbocycles. The first kappa shape index (κ1) is 25.9. The minimum Gasteiger partial charge on any atom is -0.481 e. The van der Waals surface area contributed by atoms with Crippen LogP contribution < -0.4 is 16.8 Å². The molecule has 0 fully saturated rings. The van der Waals surface area contributed by atoms with Crippen molar-refractivity contribution in [2.24, 2.45) is 11.5 Å². The number of aliphatic carboxylic acids is 4. The average molecular weight is 397 g/mol. The minimum atomic E-state index is -1.21. The van der Waals surface area contributed by atoms with Crippen LogP contribution in [0.25, 0.3) is 0 Å². The summed E-state index contributed by atoms with van der Waals surface area (Å²) >= 11 is 3.75. The maximum Gasteiger partial charge on any atom is 0.327 e. The van der Waals surface area contributed by atoms with Gasteiger partial charge in [-0.3, -0.25) is 19.2 Å². The van der Waals surface area contributed by atoms with Crippen molar-refractivity contribution >= 4 is 42.4 Å². The highest BCUT2D eigenvalue weighted by molar-refractivity contribution is 7.80. The van der Waals surface area contributed by atoms with Crippen LogP contribution in [0, 0.1) is 0 Å². The zero-order valence-corrected chi connectivity index (χ0v) is 14.6. The third kappa shape index (κ3) is 14.0. The van der Waals surface area contributed by atoms with Crippen LogP contribution in [0.3, 0.4) is 0 Å². The first-order valence-electron chi connectivity index (χ1n) is 7.23. The maximum atomic E-state index is 11.3. The molecule has 0 saturated heterocycles. The van der Waals surface area contributed by atoms with Gasteiger partial charge in [0.2, 0.25) is 5.91 Å². The Morgan fingerprint density at radius 2 is 1.23 bits per heavy atom. The molecule has 9 N–H and O–H groups in total. The Kier molecular flexibility index (Phi) is 13.8. The molecule has 0 spiro atoms. The summed E-state index contributed by atoms with van der Waals surface area (Å²) in [6, 6.07) is -3.21. The number of amides is 1. The van der Waals surface area contributed by atoms with Gasteiger partial charge >= 0.3 is 23.9 Å². The highest BCUT2D eigenvalue weighted by atomic mass is 32.1. The number of carboxylic acids is 4. The van der Waals surface area contributed by atoms with E-state index < -0.39 is 47.9 Å². The topological polar surface area (TPSA) is 230 Å². The van der Waals surface area contributed by atoms with E-state index in [2.05, 4.69) is 17.9 Å². The maximum absolute atomic E-state index is 11.3. The standard InChI is InChI=1S/C8H14N2O5S.C5H9NO4/c9-4(1-2-6(11)12)7(13)10-5(3-16)8(14)15;6-3(5(9)10)1-2-4(7)8/h4-5,16H,1-3,9H2,(H,10,13)(H,11,12)(H,14,15);3H,1-2,6H2,(H,7,8)(H,9,10)/t4-,5-;3-/m00/s1. The monoisotopic (exact) mass is 397 g/mol. The third-order valence-corrected chi connectivity index (χ3v) is 3.15. The van der Waals surface area contributed by atoms with Gasteiger partial charge in [-0.1, -0.05) is 0 Å². The van der Waals surface area contributed by atoms with Gasteiger partial charge < -0.3 is 37.2 Å². The van der Waals surface area contributed by atoms with Crippen LogP contribution in [0.4, 0.5) is 0 Å². The fourth-order valence-electron chi connectivity index (χ4n) is 1.28. The lowest BCUT2D eigenvalue weighted by Crippen LogP contribution is -2.49. The number of carboxylic acid groups (broad SMARTS) is 4. The van der Waals surface area contributed by atoms with Gasteiger partial charge in [-0.25, -0.2) is 4.79 Å². The Labute approximate surface area is 153 Å². The van der Waals surface area contributed by atoms with E-state index in [1.807, 2.05) is 0 Å². The number of carbonyl (C=O) groups is 5. The van der Waals surface area contributed by atoms with Crippen molar-refractivity contribution in [1.82, 2.24) is 5.32 Å². The number of nitrogens with two attached hydrogens (primary N) is 2. The summed E-state index contributed by atoms with van der Waals surface area (Å²) in [4.78, 5) is 52.0. The predicted octanol–water partition coefficient (Wildman–Crippen LogP) is -2.06. The minimum absolute atomic E-state index is 0.0231. The summed E-state index contributed by atoms with van der Waals surface area (Å²) in [6.07, 6.45) is -0.509. The number of carbonyl (C=O) groups excluding carboxylic acids is 1. The summed E-state index contributed by atoms with van der Waals surface area (Å²) in [6.45, 7) is 0. The van der Waals surface area contributed by atoms with Crippen molar-refractivity contribution in [2.75, 3.05) is 5.75 Å². The number of hydrogen-bond acceptors (Lipinski definition) is 8. The second-order valence-corrected chi connectivity index (χ2v) is 5.36. The summed E-state index contributed by atoms with van der Waals surface area (Å²) in [5, 5.41) is 35.4. The first-order valence-corrected chi connectivity index (χ1v) is 7.87. The molecule has 0 aliphatic rings. The van der Waals surface area contributed by atoms with E-state index in [1.54, 1.807) is 0 Å². The van der Waals surface area contributed by atoms with Gasteiger partial charge in [0.15, 0.2) is 0 Å². The Morgan fingerprint density at radius 3 is 1.54 bits per heavy atom. The molecular formula is C13H23N3O9S. The summed E-state index contributed by atoms with van der Waals surface area (Å²) in [5.41, 5.74) is 10.4. The second-order valence-electron chi connectivity index (χ2n) is 5.00. The lowest BCUT2D eigenvalue weighted by molar-refractivity contribution is -0.141. The van der Waals surface area contributed by atoms with Crippen molar-refractivity contribution < 1.29 is 44.4 Å². The molecule has 0 aliphatic carbocycles. The van der Waals surface area contributed by atoms with E-state index in [1.165, 1.54) is 0 Å². The van der Waals surface area contributed by atoms with Crippen LogP contribution in [-0.2, 0) is 24.0 Å². The van der Waals surface area contributed by atoms with Crippen LogP contribution >= 0.6 is 12.6 Å². The van der Waals surface area contributed by atoms with Gasteiger partial charge in [0, 0.05) is 18.6 Å². The quantitative estimate of drug-likeness (QED) is 0.177. The fraction of sp³-hybridized carbons (Fsp3) is 0.615. The van der Waals surface area contributed by atoms with Gasteiger partial charge in [0.1, 0.15) is 12.1 Å². The van der Waals surface area contributed by atoms with E-state index in [-0.39, 0.29) is 31.4 Å². The second kappa shape index (κ2) is 13.9. The fourth-order valence-corrected chi connectivity index (χ4v) is 1.52. The molecule has 0 bridgehead atoms. The number of rotatable bonds is 11. The molecule has 1 amide bonds. The van der Waals surface area contributed by atoms with E-state index in [9.17, 15) is 24.0 Å². The molecule has 26 heavy (non-hydrogen) atoms. The number of nitrogens with one attached hydrogen (secondary N) is 1. The Balaban J connectivity index is 0. The van der Waals surface area contributed by atoms with E-state index in [0.717, 1.165) is 0 Å². The molecular weight excluding hydrogens is 374 g/mol. The van der Waals surface area contributed by atoms with Crippen molar-refractivity contribution in [3.63, 3.8) is 0 Å². The van der Waals surface area contributed by atoms with Gasteiger partial charge in [-0.2, -0.15) is 12.6 Å². The van der Waals surface area contributed by atoms with E-state index in [0.29, 0.717) is 0 Å². The molecule has 0 radical (unpaired) electrons.